The van der Waals surface area contributed by atoms with Gasteiger partial charge in [0.2, 0.25) is 0 Å². The topological polar surface area (TPSA) is 67.8 Å². The molecule has 0 aliphatic heterocycles. The van der Waals surface area contributed by atoms with Crippen LogP contribution < -0.4 is 5.73 Å². The van der Waals surface area contributed by atoms with Crippen LogP contribution in [0.1, 0.15) is 5.76 Å². The van der Waals surface area contributed by atoms with E-state index in [4.69, 9.17) is 21.8 Å². The molecule has 3 aromatic rings. The molecule has 96 valence electrons. The number of aromatic nitrogens is 2. The van der Waals surface area contributed by atoms with Crippen LogP contribution in [-0.2, 0) is 0 Å². The molecule has 0 bridgehead atoms. The normalized spacial score (nSPS) is 10.8. The van der Waals surface area contributed by atoms with E-state index < -0.39 is 0 Å². The first-order chi connectivity index (χ1) is 9.15. The zero-order valence-electron chi connectivity index (χ0n) is 10.3. The minimum atomic E-state index is 0.455. The molecule has 1 aromatic carbocycles. The highest BCUT2D eigenvalue weighted by atomic mass is 35.5. The van der Waals surface area contributed by atoms with Crippen molar-refractivity contribution in [2.75, 3.05) is 5.73 Å². The van der Waals surface area contributed by atoms with Gasteiger partial charge in [0.1, 0.15) is 12.0 Å². The zero-order valence-corrected chi connectivity index (χ0v) is 11.0. The van der Waals surface area contributed by atoms with Gasteiger partial charge in [0, 0.05) is 10.6 Å². The molecule has 0 fully saturated rings. The second kappa shape index (κ2) is 4.48. The maximum Gasteiger partial charge on any atom is 0.153 e. The predicted octanol–water partition coefficient (Wildman–Crippen LogP) is 3.88. The van der Waals surface area contributed by atoms with Crippen LogP contribution in [0.5, 0.6) is 0 Å². The molecule has 2 heterocycles. The van der Waals surface area contributed by atoms with Crippen LogP contribution in [-0.4, -0.2) is 10.2 Å². The minimum Gasteiger partial charge on any atom is -0.469 e. The van der Waals surface area contributed by atoms with Gasteiger partial charge in [-0.05, 0) is 30.7 Å². The van der Waals surface area contributed by atoms with Gasteiger partial charge in [0.05, 0.1) is 11.3 Å². The third-order valence-corrected chi connectivity index (χ3v) is 3.20. The molecule has 3 rings (SSSR count). The van der Waals surface area contributed by atoms with E-state index in [9.17, 15) is 0 Å². The molecule has 0 saturated heterocycles. The van der Waals surface area contributed by atoms with Crippen molar-refractivity contribution in [3.63, 3.8) is 0 Å². The highest BCUT2D eigenvalue weighted by Crippen LogP contribution is 2.35. The number of H-pyrrole nitrogens is 1. The molecule has 0 aliphatic rings. The van der Waals surface area contributed by atoms with E-state index in [1.807, 2.05) is 37.3 Å². The zero-order chi connectivity index (χ0) is 13.4. The summed E-state index contributed by atoms with van der Waals surface area (Å²) in [6.45, 7) is 1.89. The van der Waals surface area contributed by atoms with Gasteiger partial charge in [-0.2, -0.15) is 5.10 Å². The predicted molar refractivity (Wildman–Crippen MR) is 75.9 cm³/mol. The summed E-state index contributed by atoms with van der Waals surface area (Å²) >= 11 is 5.90. The van der Waals surface area contributed by atoms with Crippen LogP contribution >= 0.6 is 11.6 Å². The second-order valence-electron chi connectivity index (χ2n) is 4.31. The number of hydrogen-bond donors (Lipinski definition) is 2. The molecular weight excluding hydrogens is 262 g/mol. The number of anilines is 1. The van der Waals surface area contributed by atoms with Crippen LogP contribution in [0.25, 0.3) is 22.4 Å². The highest BCUT2D eigenvalue weighted by molar-refractivity contribution is 6.30. The fourth-order valence-corrected chi connectivity index (χ4v) is 2.17. The number of furan rings is 1. The number of aromatic amines is 1. The molecule has 0 atom stereocenters. The number of rotatable bonds is 2. The second-order valence-corrected chi connectivity index (χ2v) is 4.75. The number of benzene rings is 1. The Balaban J connectivity index is 2.16. The molecule has 0 amide bonds. The average Bonchev–Trinajstić information content (AvgIpc) is 2.97. The summed E-state index contributed by atoms with van der Waals surface area (Å²) < 4.78 is 5.33. The molecule has 0 radical (unpaired) electrons. The van der Waals surface area contributed by atoms with E-state index in [2.05, 4.69) is 10.2 Å². The number of nitrogens with zero attached hydrogens (tertiary/aromatic N) is 1. The van der Waals surface area contributed by atoms with E-state index in [0.29, 0.717) is 10.8 Å². The lowest BCUT2D eigenvalue weighted by molar-refractivity contribution is 0.535. The first-order valence-corrected chi connectivity index (χ1v) is 6.18. The summed E-state index contributed by atoms with van der Waals surface area (Å²) in [5.41, 5.74) is 9.54. The smallest absolute Gasteiger partial charge is 0.153 e. The van der Waals surface area contributed by atoms with Crippen molar-refractivity contribution in [2.45, 2.75) is 6.92 Å². The Kier molecular flexibility index (Phi) is 2.80. The molecular formula is C14H12ClN3O. The molecule has 0 aliphatic carbocycles. The van der Waals surface area contributed by atoms with E-state index in [0.717, 1.165) is 28.1 Å². The van der Waals surface area contributed by atoms with Gasteiger partial charge in [-0.3, -0.25) is 5.10 Å². The number of aryl methyl sites for hydroxylation is 1. The Morgan fingerprint density at radius 2 is 1.95 bits per heavy atom. The van der Waals surface area contributed by atoms with Gasteiger partial charge in [-0.15, -0.1) is 0 Å². The molecule has 19 heavy (non-hydrogen) atoms. The fraction of sp³-hybridized carbons (Fsp3) is 0.0714. The van der Waals surface area contributed by atoms with Crippen LogP contribution in [0.4, 0.5) is 5.82 Å². The number of hydrogen-bond acceptors (Lipinski definition) is 3. The number of nitrogens with one attached hydrogen (secondary N) is 1. The van der Waals surface area contributed by atoms with Crippen molar-refractivity contribution in [1.29, 1.82) is 0 Å². The van der Waals surface area contributed by atoms with E-state index in [1.54, 1.807) is 6.26 Å². The molecule has 3 N–H and O–H groups in total. The summed E-state index contributed by atoms with van der Waals surface area (Å²) in [6.07, 6.45) is 1.68. The monoisotopic (exact) mass is 273 g/mol. The summed E-state index contributed by atoms with van der Waals surface area (Å²) in [5.74, 6) is 1.29. The Hall–Kier alpha value is -2.20. The van der Waals surface area contributed by atoms with Crippen molar-refractivity contribution in [3.8, 4) is 22.4 Å². The van der Waals surface area contributed by atoms with Gasteiger partial charge in [0.25, 0.3) is 0 Å². The third kappa shape index (κ3) is 2.11. The maximum atomic E-state index is 5.95. The molecule has 2 aromatic heterocycles. The Morgan fingerprint density at radius 1 is 1.21 bits per heavy atom. The van der Waals surface area contributed by atoms with E-state index >= 15 is 0 Å². The first kappa shape index (κ1) is 11.9. The molecule has 0 saturated carbocycles. The Morgan fingerprint density at radius 3 is 2.58 bits per heavy atom. The number of nitrogens with two attached hydrogens (primary N) is 1. The van der Waals surface area contributed by atoms with Gasteiger partial charge >= 0.3 is 0 Å². The van der Waals surface area contributed by atoms with Crippen molar-refractivity contribution < 1.29 is 4.42 Å². The van der Waals surface area contributed by atoms with E-state index in [-0.39, 0.29) is 0 Å². The third-order valence-electron chi connectivity index (χ3n) is 2.95. The van der Waals surface area contributed by atoms with Crippen molar-refractivity contribution in [2.24, 2.45) is 0 Å². The van der Waals surface area contributed by atoms with Gasteiger partial charge in [-0.25, -0.2) is 0 Å². The van der Waals surface area contributed by atoms with Crippen molar-refractivity contribution in [3.05, 3.63) is 47.4 Å². The SMILES string of the molecule is Cc1cc(-c2[nH]nc(N)c2-c2ccc(Cl)cc2)co1. The van der Waals surface area contributed by atoms with Crippen LogP contribution in [0, 0.1) is 6.92 Å². The largest absolute Gasteiger partial charge is 0.469 e. The lowest BCUT2D eigenvalue weighted by atomic mass is 10.0. The molecule has 0 unspecified atom stereocenters. The maximum absolute atomic E-state index is 5.95. The summed E-state index contributed by atoms with van der Waals surface area (Å²) in [4.78, 5) is 0. The Labute approximate surface area is 115 Å². The summed E-state index contributed by atoms with van der Waals surface area (Å²) in [6, 6.07) is 9.42. The van der Waals surface area contributed by atoms with Crippen molar-refractivity contribution in [1.82, 2.24) is 10.2 Å². The van der Waals surface area contributed by atoms with Crippen LogP contribution in [0.15, 0.2) is 41.0 Å². The summed E-state index contributed by atoms with van der Waals surface area (Å²) in [5, 5.41) is 7.71. The minimum absolute atomic E-state index is 0.455. The van der Waals surface area contributed by atoms with Crippen molar-refractivity contribution >= 4 is 17.4 Å². The molecule has 5 heteroatoms. The lowest BCUT2D eigenvalue weighted by Crippen LogP contribution is -1.88. The fourth-order valence-electron chi connectivity index (χ4n) is 2.05. The van der Waals surface area contributed by atoms with E-state index in [1.165, 1.54) is 0 Å². The van der Waals surface area contributed by atoms with Gasteiger partial charge in [-0.1, -0.05) is 23.7 Å². The van der Waals surface area contributed by atoms with Gasteiger partial charge in [0.15, 0.2) is 5.82 Å². The Bertz CT molecular complexity index is 713. The number of halogens is 1. The lowest BCUT2D eigenvalue weighted by Gasteiger charge is -2.03. The van der Waals surface area contributed by atoms with Gasteiger partial charge < -0.3 is 10.2 Å². The molecule has 0 spiro atoms. The van der Waals surface area contributed by atoms with Crippen LogP contribution in [0.2, 0.25) is 5.02 Å². The molecule has 4 nitrogen and oxygen atoms in total. The standard InChI is InChI=1S/C14H12ClN3O/c1-8-6-10(7-19-8)13-12(14(16)18-17-13)9-2-4-11(15)5-3-9/h2-7H,1H3,(H3,16,17,18). The quantitative estimate of drug-likeness (QED) is 0.744. The van der Waals surface area contributed by atoms with Crippen LogP contribution in [0.3, 0.4) is 0 Å². The average molecular weight is 274 g/mol. The number of nitrogen functional groups attached to an aromatic ring is 1. The highest BCUT2D eigenvalue weighted by Gasteiger charge is 2.16. The summed E-state index contributed by atoms with van der Waals surface area (Å²) in [7, 11) is 0. The first-order valence-electron chi connectivity index (χ1n) is 5.80.